The minimum absolute atomic E-state index is 0.0880. The number of aromatic nitrogens is 1. The molecule has 1 fully saturated rings. The number of nitrogens with one attached hydrogen (secondary N) is 1. The summed E-state index contributed by atoms with van der Waals surface area (Å²) in [6.45, 7) is 1.36. The summed E-state index contributed by atoms with van der Waals surface area (Å²) < 4.78 is 5.80. The highest BCUT2D eigenvalue weighted by Crippen LogP contribution is 2.27. The molecule has 28 heavy (non-hydrogen) atoms. The van der Waals surface area contributed by atoms with E-state index in [1.54, 1.807) is 12.1 Å². The van der Waals surface area contributed by atoms with E-state index in [-0.39, 0.29) is 22.4 Å². The number of rotatable bonds is 4. The van der Waals surface area contributed by atoms with Gasteiger partial charge < -0.3 is 20.4 Å². The van der Waals surface area contributed by atoms with Gasteiger partial charge in [-0.2, -0.15) is 4.98 Å². The third-order valence-corrected chi connectivity index (χ3v) is 5.25. The molecule has 0 saturated carbocycles. The molecule has 2 aromatic carbocycles. The molecule has 3 aromatic rings. The van der Waals surface area contributed by atoms with Gasteiger partial charge in [0.05, 0.1) is 10.6 Å². The molecule has 0 bridgehead atoms. The van der Waals surface area contributed by atoms with Crippen LogP contribution in [0.25, 0.3) is 11.1 Å². The maximum atomic E-state index is 12.6. The molecule has 0 radical (unpaired) electrons. The molecule has 144 valence electrons. The Morgan fingerprint density at radius 2 is 1.93 bits per heavy atom. The molecule has 2 heterocycles. The molecule has 3 N–H and O–H groups in total. The molecule has 1 saturated heterocycles. The third-order valence-electron chi connectivity index (χ3n) is 4.92. The Bertz CT molecular complexity index is 1010. The van der Waals surface area contributed by atoms with Crippen molar-refractivity contribution in [3.05, 3.63) is 53.1 Å². The number of benzene rings is 2. The first-order chi connectivity index (χ1) is 13.5. The highest BCUT2D eigenvalue weighted by Gasteiger charge is 2.27. The Morgan fingerprint density at radius 3 is 2.64 bits per heavy atom. The lowest BCUT2D eigenvalue weighted by atomic mass is 9.96. The third kappa shape index (κ3) is 3.66. The van der Waals surface area contributed by atoms with Gasteiger partial charge in [-0.05, 0) is 43.2 Å². The number of fused-ring (bicyclic) bond motifs is 1. The predicted octanol–water partition coefficient (Wildman–Crippen LogP) is 3.44. The standard InChI is InChI=1S/C20H19ClN4O3/c21-15-6-5-13(11-14(15)18(22)26)23-19(27)12-7-9-25(10-8-12)20-24-16-3-1-2-4-17(16)28-20/h1-6,11-12H,7-10H2,(H2,22,26)(H,23,27). The van der Waals surface area contributed by atoms with Crippen molar-refractivity contribution >= 4 is 46.2 Å². The first-order valence-corrected chi connectivity index (χ1v) is 9.40. The van der Waals surface area contributed by atoms with Crippen molar-refractivity contribution in [3.8, 4) is 0 Å². The van der Waals surface area contributed by atoms with Crippen LogP contribution in [-0.4, -0.2) is 29.9 Å². The van der Waals surface area contributed by atoms with E-state index in [0.717, 1.165) is 11.1 Å². The van der Waals surface area contributed by atoms with Gasteiger partial charge in [-0.1, -0.05) is 23.7 Å². The van der Waals surface area contributed by atoms with Gasteiger partial charge in [-0.25, -0.2) is 0 Å². The molecule has 1 aromatic heterocycles. The Balaban J connectivity index is 1.39. The van der Waals surface area contributed by atoms with Gasteiger partial charge in [0.1, 0.15) is 5.52 Å². The number of para-hydroxylation sites is 2. The summed E-state index contributed by atoms with van der Waals surface area (Å²) in [6, 6.07) is 12.9. The van der Waals surface area contributed by atoms with Crippen LogP contribution in [0.4, 0.5) is 11.7 Å². The fourth-order valence-electron chi connectivity index (χ4n) is 3.36. The van der Waals surface area contributed by atoms with E-state index in [4.69, 9.17) is 21.8 Å². The van der Waals surface area contributed by atoms with Crippen molar-refractivity contribution < 1.29 is 14.0 Å². The van der Waals surface area contributed by atoms with Crippen LogP contribution in [0, 0.1) is 5.92 Å². The van der Waals surface area contributed by atoms with Crippen LogP contribution in [0.2, 0.25) is 5.02 Å². The number of anilines is 2. The zero-order valence-corrected chi connectivity index (χ0v) is 15.8. The molecule has 0 unspecified atom stereocenters. The number of halogens is 1. The quantitative estimate of drug-likeness (QED) is 0.701. The van der Waals surface area contributed by atoms with E-state index < -0.39 is 5.91 Å². The Kier molecular flexibility index (Phi) is 4.92. The second-order valence-electron chi connectivity index (χ2n) is 6.77. The maximum Gasteiger partial charge on any atom is 0.298 e. The molecule has 1 aliphatic heterocycles. The molecule has 4 rings (SSSR count). The van der Waals surface area contributed by atoms with Crippen LogP contribution < -0.4 is 16.0 Å². The number of hydrogen-bond acceptors (Lipinski definition) is 5. The zero-order valence-electron chi connectivity index (χ0n) is 15.0. The minimum atomic E-state index is -0.632. The Morgan fingerprint density at radius 1 is 1.18 bits per heavy atom. The number of oxazole rings is 1. The highest BCUT2D eigenvalue weighted by molar-refractivity contribution is 6.34. The lowest BCUT2D eigenvalue weighted by Gasteiger charge is -2.30. The van der Waals surface area contributed by atoms with Crippen molar-refractivity contribution in [3.63, 3.8) is 0 Å². The highest BCUT2D eigenvalue weighted by atomic mass is 35.5. The predicted molar refractivity (Wildman–Crippen MR) is 108 cm³/mol. The fraction of sp³-hybridized carbons (Fsp3) is 0.250. The summed E-state index contributed by atoms with van der Waals surface area (Å²) in [4.78, 5) is 30.6. The molecule has 1 aliphatic rings. The van der Waals surface area contributed by atoms with Gasteiger partial charge in [-0.3, -0.25) is 9.59 Å². The first-order valence-electron chi connectivity index (χ1n) is 9.02. The molecule has 0 atom stereocenters. The van der Waals surface area contributed by atoms with Gasteiger partial charge in [-0.15, -0.1) is 0 Å². The van der Waals surface area contributed by atoms with Crippen LogP contribution in [0.3, 0.4) is 0 Å². The average Bonchev–Trinajstić information content (AvgIpc) is 3.13. The van der Waals surface area contributed by atoms with Gasteiger partial charge in [0, 0.05) is 24.7 Å². The number of piperidine rings is 1. The van der Waals surface area contributed by atoms with Crippen LogP contribution in [-0.2, 0) is 4.79 Å². The van der Waals surface area contributed by atoms with Gasteiger partial charge in [0.15, 0.2) is 5.58 Å². The minimum Gasteiger partial charge on any atom is -0.423 e. The molecule has 0 spiro atoms. The summed E-state index contributed by atoms with van der Waals surface area (Å²) in [6.07, 6.45) is 1.36. The smallest absolute Gasteiger partial charge is 0.298 e. The van der Waals surface area contributed by atoms with Crippen LogP contribution in [0.5, 0.6) is 0 Å². The lowest BCUT2D eigenvalue weighted by molar-refractivity contribution is -0.120. The van der Waals surface area contributed by atoms with Crippen LogP contribution in [0.1, 0.15) is 23.2 Å². The van der Waals surface area contributed by atoms with Crippen molar-refractivity contribution in [2.45, 2.75) is 12.8 Å². The van der Waals surface area contributed by atoms with E-state index in [1.165, 1.54) is 6.07 Å². The number of nitrogens with two attached hydrogens (primary N) is 1. The number of carbonyl (C=O) groups excluding carboxylic acids is 2. The van der Waals surface area contributed by atoms with E-state index >= 15 is 0 Å². The van der Waals surface area contributed by atoms with E-state index in [0.29, 0.717) is 37.6 Å². The largest absolute Gasteiger partial charge is 0.423 e. The molecule has 7 nitrogen and oxygen atoms in total. The second-order valence-corrected chi connectivity index (χ2v) is 7.18. The number of primary amides is 1. The molecule has 2 amide bonds. The van der Waals surface area contributed by atoms with Crippen molar-refractivity contribution in [1.82, 2.24) is 4.98 Å². The van der Waals surface area contributed by atoms with Crippen molar-refractivity contribution in [2.24, 2.45) is 11.7 Å². The molecular weight excluding hydrogens is 380 g/mol. The summed E-state index contributed by atoms with van der Waals surface area (Å²) in [5.41, 5.74) is 7.57. The van der Waals surface area contributed by atoms with Gasteiger partial charge in [0.2, 0.25) is 11.8 Å². The SMILES string of the molecule is NC(=O)c1cc(NC(=O)C2CCN(c3nc4ccccc4o3)CC2)ccc1Cl. The monoisotopic (exact) mass is 398 g/mol. The molecule has 8 heteroatoms. The summed E-state index contributed by atoms with van der Waals surface area (Å²) in [5, 5.41) is 3.11. The van der Waals surface area contributed by atoms with Crippen molar-refractivity contribution in [1.29, 1.82) is 0 Å². The summed E-state index contributed by atoms with van der Waals surface area (Å²) in [7, 11) is 0. The Labute approximate surface area is 166 Å². The van der Waals surface area contributed by atoms with Crippen LogP contribution >= 0.6 is 11.6 Å². The average molecular weight is 399 g/mol. The lowest BCUT2D eigenvalue weighted by Crippen LogP contribution is -2.38. The van der Waals surface area contributed by atoms with Gasteiger partial charge >= 0.3 is 0 Å². The van der Waals surface area contributed by atoms with Gasteiger partial charge in [0.25, 0.3) is 6.01 Å². The molecule has 0 aliphatic carbocycles. The summed E-state index contributed by atoms with van der Waals surface area (Å²) >= 11 is 5.95. The Hall–Kier alpha value is -3.06. The van der Waals surface area contributed by atoms with E-state index in [2.05, 4.69) is 15.2 Å². The van der Waals surface area contributed by atoms with Crippen LogP contribution in [0.15, 0.2) is 46.9 Å². The topological polar surface area (TPSA) is 101 Å². The number of hydrogen-bond donors (Lipinski definition) is 2. The number of amides is 2. The summed E-state index contributed by atoms with van der Waals surface area (Å²) in [5.74, 6) is -0.851. The maximum absolute atomic E-state index is 12.6. The number of nitrogens with zero attached hydrogens (tertiary/aromatic N) is 2. The first kappa shape index (κ1) is 18.3. The zero-order chi connectivity index (χ0) is 19.7. The van der Waals surface area contributed by atoms with Crippen molar-refractivity contribution in [2.75, 3.05) is 23.3 Å². The number of carbonyl (C=O) groups is 2. The second kappa shape index (κ2) is 7.52. The van der Waals surface area contributed by atoms with E-state index in [9.17, 15) is 9.59 Å². The normalized spacial score (nSPS) is 15.0. The van der Waals surface area contributed by atoms with E-state index in [1.807, 2.05) is 24.3 Å². The molecular formula is C20H19ClN4O3. The fourth-order valence-corrected chi connectivity index (χ4v) is 3.58.